The average Bonchev–Trinajstić information content (AvgIpc) is 2.32. The summed E-state index contributed by atoms with van der Waals surface area (Å²) >= 11 is 0. The van der Waals surface area contributed by atoms with Crippen LogP contribution in [0.4, 0.5) is 0 Å². The molecule has 1 N–H and O–H groups in total. The predicted molar refractivity (Wildman–Crippen MR) is 46.3 cm³/mol. The van der Waals surface area contributed by atoms with E-state index >= 15 is 0 Å². The van der Waals surface area contributed by atoms with Gasteiger partial charge in [0.15, 0.2) is 0 Å². The molecular formula is C6H12ClNO3S. The van der Waals surface area contributed by atoms with Gasteiger partial charge in [0, 0.05) is 23.3 Å². The van der Waals surface area contributed by atoms with Gasteiger partial charge in [-0.1, -0.05) is 0 Å². The van der Waals surface area contributed by atoms with Gasteiger partial charge in [-0.2, -0.15) is 13.1 Å². The van der Waals surface area contributed by atoms with Crippen molar-refractivity contribution in [2.75, 3.05) is 6.61 Å². The molecule has 2 unspecified atom stereocenters. The van der Waals surface area contributed by atoms with Crippen LogP contribution in [0.2, 0.25) is 0 Å². The van der Waals surface area contributed by atoms with Crippen molar-refractivity contribution in [1.82, 2.24) is 4.72 Å². The maximum atomic E-state index is 10.6. The Hall–Kier alpha value is 0.160. The first-order valence-corrected chi connectivity index (χ1v) is 6.13. The maximum absolute atomic E-state index is 10.6. The Bertz CT molecular complexity index is 235. The highest BCUT2D eigenvalue weighted by Gasteiger charge is 2.24. The summed E-state index contributed by atoms with van der Waals surface area (Å²) in [6, 6.07) is -0.241. The van der Waals surface area contributed by atoms with Crippen LogP contribution in [0.15, 0.2) is 0 Å². The summed E-state index contributed by atoms with van der Waals surface area (Å²) < 4.78 is 28.7. The molecule has 72 valence electrons. The molecule has 1 saturated heterocycles. The van der Waals surface area contributed by atoms with Crippen molar-refractivity contribution in [2.45, 2.75) is 31.9 Å². The highest BCUT2D eigenvalue weighted by Crippen LogP contribution is 2.16. The van der Waals surface area contributed by atoms with E-state index in [1.807, 2.05) is 0 Å². The number of rotatable bonds is 3. The van der Waals surface area contributed by atoms with Gasteiger partial charge in [0.25, 0.3) is 9.24 Å². The zero-order valence-electron chi connectivity index (χ0n) is 6.79. The minimum atomic E-state index is -3.62. The van der Waals surface area contributed by atoms with Crippen LogP contribution in [0.3, 0.4) is 0 Å². The molecule has 0 aliphatic carbocycles. The summed E-state index contributed by atoms with van der Waals surface area (Å²) in [5.41, 5.74) is 0. The van der Waals surface area contributed by atoms with E-state index in [0.717, 1.165) is 12.8 Å². The van der Waals surface area contributed by atoms with E-state index in [2.05, 4.69) is 4.72 Å². The van der Waals surface area contributed by atoms with Crippen LogP contribution in [0, 0.1) is 0 Å². The molecule has 0 radical (unpaired) electrons. The molecule has 1 aliphatic heterocycles. The van der Waals surface area contributed by atoms with Gasteiger partial charge in [0.05, 0.1) is 6.10 Å². The number of ether oxygens (including phenoxy) is 1. The van der Waals surface area contributed by atoms with Crippen LogP contribution in [-0.2, 0) is 14.0 Å². The summed E-state index contributed by atoms with van der Waals surface area (Å²) in [6.45, 7) is 2.45. The molecule has 0 bridgehead atoms. The van der Waals surface area contributed by atoms with Gasteiger partial charge in [-0.15, -0.1) is 0 Å². The Morgan fingerprint density at radius 1 is 1.67 bits per heavy atom. The van der Waals surface area contributed by atoms with Gasteiger partial charge in [-0.05, 0) is 19.8 Å². The Morgan fingerprint density at radius 3 is 2.75 bits per heavy atom. The van der Waals surface area contributed by atoms with E-state index in [9.17, 15) is 8.42 Å². The first-order valence-electron chi connectivity index (χ1n) is 3.82. The van der Waals surface area contributed by atoms with Crippen LogP contribution in [-0.4, -0.2) is 27.2 Å². The lowest BCUT2D eigenvalue weighted by atomic mass is 10.1. The van der Waals surface area contributed by atoms with Crippen molar-refractivity contribution in [2.24, 2.45) is 0 Å². The minimum Gasteiger partial charge on any atom is -0.377 e. The second-order valence-electron chi connectivity index (χ2n) is 2.90. The fourth-order valence-electron chi connectivity index (χ4n) is 1.29. The average molecular weight is 214 g/mol. The smallest absolute Gasteiger partial charge is 0.297 e. The molecular weight excluding hydrogens is 202 g/mol. The van der Waals surface area contributed by atoms with Gasteiger partial charge >= 0.3 is 0 Å². The van der Waals surface area contributed by atoms with E-state index in [1.54, 1.807) is 6.92 Å². The normalized spacial score (nSPS) is 27.3. The predicted octanol–water partition coefficient (Wildman–Crippen LogP) is 0.627. The van der Waals surface area contributed by atoms with Gasteiger partial charge < -0.3 is 4.74 Å². The van der Waals surface area contributed by atoms with Crippen molar-refractivity contribution >= 4 is 19.9 Å². The summed E-state index contributed by atoms with van der Waals surface area (Å²) in [5.74, 6) is 0. The number of nitrogens with one attached hydrogen (secondary N) is 1. The molecule has 1 aliphatic rings. The molecule has 1 fully saturated rings. The lowest BCUT2D eigenvalue weighted by Gasteiger charge is -2.17. The van der Waals surface area contributed by atoms with Crippen molar-refractivity contribution in [3.8, 4) is 0 Å². The summed E-state index contributed by atoms with van der Waals surface area (Å²) in [5, 5.41) is 0. The standard InChI is InChI=1S/C6H12ClNO3S/c1-5(8-12(7,9)10)6-3-2-4-11-6/h5-6,8H,2-4H2,1H3. The molecule has 6 heteroatoms. The number of halogens is 1. The highest BCUT2D eigenvalue weighted by atomic mass is 35.7. The molecule has 0 spiro atoms. The SMILES string of the molecule is CC(NS(=O)(=O)Cl)C1CCCO1. The first kappa shape index (κ1) is 10.2. The van der Waals surface area contributed by atoms with E-state index in [4.69, 9.17) is 15.4 Å². The third-order valence-corrected chi connectivity index (χ3v) is 2.77. The third-order valence-electron chi connectivity index (χ3n) is 1.85. The van der Waals surface area contributed by atoms with Crippen molar-refractivity contribution in [3.63, 3.8) is 0 Å². The second kappa shape index (κ2) is 3.91. The molecule has 0 aromatic heterocycles. The number of hydrogen-bond donors (Lipinski definition) is 1. The Balaban J connectivity index is 2.42. The minimum absolute atomic E-state index is 0.0291. The van der Waals surface area contributed by atoms with Crippen LogP contribution in [0.25, 0.3) is 0 Å². The first-order chi connectivity index (χ1) is 5.49. The zero-order valence-corrected chi connectivity index (χ0v) is 8.36. The van der Waals surface area contributed by atoms with Crippen LogP contribution >= 0.6 is 10.7 Å². The molecule has 1 heterocycles. The van der Waals surface area contributed by atoms with E-state index in [0.29, 0.717) is 6.61 Å². The second-order valence-corrected chi connectivity index (χ2v) is 5.23. The summed E-state index contributed by atoms with van der Waals surface area (Å²) in [4.78, 5) is 0. The Kier molecular flexibility index (Phi) is 3.34. The lowest BCUT2D eigenvalue weighted by Crippen LogP contribution is -2.38. The zero-order chi connectivity index (χ0) is 9.19. The monoisotopic (exact) mass is 213 g/mol. The maximum Gasteiger partial charge on any atom is 0.297 e. The van der Waals surface area contributed by atoms with Crippen molar-refractivity contribution in [1.29, 1.82) is 0 Å². The fourth-order valence-corrected chi connectivity index (χ4v) is 2.31. The van der Waals surface area contributed by atoms with E-state index in [1.165, 1.54) is 0 Å². The topological polar surface area (TPSA) is 55.4 Å². The molecule has 0 aromatic carbocycles. The van der Waals surface area contributed by atoms with Gasteiger partial charge in [0.1, 0.15) is 0 Å². The molecule has 4 nitrogen and oxygen atoms in total. The molecule has 0 saturated carbocycles. The van der Waals surface area contributed by atoms with Crippen molar-refractivity contribution < 1.29 is 13.2 Å². The highest BCUT2D eigenvalue weighted by molar-refractivity contribution is 8.12. The van der Waals surface area contributed by atoms with Crippen LogP contribution in [0.5, 0.6) is 0 Å². The number of hydrogen-bond acceptors (Lipinski definition) is 3. The lowest BCUT2D eigenvalue weighted by molar-refractivity contribution is 0.0904. The van der Waals surface area contributed by atoms with Crippen molar-refractivity contribution in [3.05, 3.63) is 0 Å². The van der Waals surface area contributed by atoms with Crippen LogP contribution in [0.1, 0.15) is 19.8 Å². The van der Waals surface area contributed by atoms with Crippen LogP contribution < -0.4 is 4.72 Å². The quantitative estimate of drug-likeness (QED) is 0.700. The summed E-state index contributed by atoms with van der Waals surface area (Å²) in [6.07, 6.45) is 1.85. The van der Waals surface area contributed by atoms with Gasteiger partial charge in [-0.3, -0.25) is 0 Å². The Morgan fingerprint density at radius 2 is 2.33 bits per heavy atom. The molecule has 0 aromatic rings. The largest absolute Gasteiger partial charge is 0.377 e. The fraction of sp³-hybridized carbons (Fsp3) is 1.00. The molecule has 12 heavy (non-hydrogen) atoms. The molecule has 2 atom stereocenters. The summed E-state index contributed by atoms with van der Waals surface area (Å²) in [7, 11) is 1.39. The Labute approximate surface area is 76.8 Å². The third kappa shape index (κ3) is 3.26. The van der Waals surface area contributed by atoms with Gasteiger partial charge in [-0.25, -0.2) is 0 Å². The molecule has 1 rings (SSSR count). The van der Waals surface area contributed by atoms with E-state index < -0.39 is 9.24 Å². The molecule has 0 amide bonds. The van der Waals surface area contributed by atoms with Gasteiger partial charge in [0.2, 0.25) is 0 Å². The van der Waals surface area contributed by atoms with E-state index in [-0.39, 0.29) is 12.1 Å².